The molecule has 88 valence electrons. The van der Waals surface area contributed by atoms with Crippen LogP contribution in [-0.4, -0.2) is 57.7 Å². The van der Waals surface area contributed by atoms with Crippen molar-refractivity contribution in [3.63, 3.8) is 0 Å². The highest BCUT2D eigenvalue weighted by Gasteiger charge is 2.29. The molecule has 9 heteroatoms. The lowest BCUT2D eigenvalue weighted by Crippen LogP contribution is -2.50. The highest BCUT2D eigenvalue weighted by molar-refractivity contribution is 5.58. The Labute approximate surface area is 84.2 Å². The number of nitrogens with zero attached hydrogens (tertiary/aromatic N) is 1. The molecule has 0 heterocycles. The molecule has 0 spiro atoms. The SMILES string of the molecule is N[C@@H](C=O)[C@@H](O)[C@H](O)[C@H](O)CO[N+](=O)[O-]. The number of aliphatic hydroxyl groups excluding tert-OH is 3. The van der Waals surface area contributed by atoms with Crippen LogP contribution < -0.4 is 5.73 Å². The number of aldehydes is 1. The minimum atomic E-state index is -1.80. The van der Waals surface area contributed by atoms with Gasteiger partial charge in [0.2, 0.25) is 0 Å². The second-order valence-electron chi connectivity index (χ2n) is 2.78. The van der Waals surface area contributed by atoms with Crippen molar-refractivity contribution in [1.29, 1.82) is 0 Å². The molecule has 0 saturated carbocycles. The van der Waals surface area contributed by atoms with Gasteiger partial charge in [-0.3, -0.25) is 0 Å². The Morgan fingerprint density at radius 3 is 2.33 bits per heavy atom. The molecule has 0 radical (unpaired) electrons. The third kappa shape index (κ3) is 4.65. The van der Waals surface area contributed by atoms with Gasteiger partial charge >= 0.3 is 0 Å². The lowest BCUT2D eigenvalue weighted by Gasteiger charge is -2.23. The lowest BCUT2D eigenvalue weighted by molar-refractivity contribution is -0.759. The van der Waals surface area contributed by atoms with Crippen LogP contribution in [0.4, 0.5) is 0 Å². The Hall–Kier alpha value is -1.29. The Kier molecular flexibility index (Phi) is 5.70. The van der Waals surface area contributed by atoms with E-state index in [2.05, 4.69) is 4.84 Å². The standard InChI is InChI=1S/C6H12N2O7/c7-3(1-9)5(11)6(12)4(10)2-15-8(13)14/h1,3-6,10-12H,2,7H2/t3-,4+,5+,6+/m0/s1. The topological polar surface area (TPSA) is 156 Å². The Morgan fingerprint density at radius 1 is 1.40 bits per heavy atom. The minimum Gasteiger partial charge on any atom is -0.388 e. The van der Waals surface area contributed by atoms with Crippen LogP contribution in [0.2, 0.25) is 0 Å². The van der Waals surface area contributed by atoms with Crippen LogP contribution in [0, 0.1) is 10.1 Å². The predicted octanol–water partition coefficient (Wildman–Crippen LogP) is -3.20. The molecule has 0 rings (SSSR count). The van der Waals surface area contributed by atoms with E-state index in [0.717, 1.165) is 0 Å². The van der Waals surface area contributed by atoms with Gasteiger partial charge in [-0.15, -0.1) is 10.1 Å². The molecule has 9 nitrogen and oxygen atoms in total. The summed E-state index contributed by atoms with van der Waals surface area (Å²) in [7, 11) is 0. The molecular formula is C6H12N2O7. The number of carbonyl (C=O) groups is 1. The molecule has 0 saturated heterocycles. The second-order valence-corrected chi connectivity index (χ2v) is 2.78. The molecule has 15 heavy (non-hydrogen) atoms. The molecule has 0 amide bonds. The van der Waals surface area contributed by atoms with E-state index in [-0.39, 0.29) is 6.29 Å². The molecule has 0 aromatic carbocycles. The fraction of sp³-hybridized carbons (Fsp3) is 0.833. The fourth-order valence-corrected chi connectivity index (χ4v) is 0.772. The average molecular weight is 224 g/mol. The normalized spacial score (nSPS) is 18.7. The first-order valence-corrected chi connectivity index (χ1v) is 3.92. The molecule has 5 N–H and O–H groups in total. The molecule has 0 unspecified atom stereocenters. The smallest absolute Gasteiger partial charge is 0.294 e. The van der Waals surface area contributed by atoms with E-state index in [1.54, 1.807) is 0 Å². The van der Waals surface area contributed by atoms with Crippen molar-refractivity contribution >= 4 is 6.29 Å². The summed E-state index contributed by atoms with van der Waals surface area (Å²) >= 11 is 0. The summed E-state index contributed by atoms with van der Waals surface area (Å²) < 4.78 is 0. The van der Waals surface area contributed by atoms with Crippen molar-refractivity contribution in [3.8, 4) is 0 Å². The Balaban J connectivity index is 4.11. The van der Waals surface area contributed by atoms with Crippen molar-refractivity contribution in [2.45, 2.75) is 24.4 Å². The van der Waals surface area contributed by atoms with Crippen molar-refractivity contribution in [2.75, 3.05) is 6.61 Å². The molecule has 0 fully saturated rings. The van der Waals surface area contributed by atoms with E-state index >= 15 is 0 Å². The van der Waals surface area contributed by atoms with Crippen LogP contribution in [0.3, 0.4) is 0 Å². The zero-order valence-electron chi connectivity index (χ0n) is 7.59. The van der Waals surface area contributed by atoms with Crippen LogP contribution >= 0.6 is 0 Å². The van der Waals surface area contributed by atoms with Crippen molar-refractivity contribution in [2.24, 2.45) is 5.73 Å². The summed E-state index contributed by atoms with van der Waals surface area (Å²) in [6.07, 6.45) is -5.05. The molecule has 0 aromatic heterocycles. The van der Waals surface area contributed by atoms with Crippen LogP contribution in [-0.2, 0) is 9.63 Å². The van der Waals surface area contributed by atoms with E-state index < -0.39 is 36.0 Å². The quantitative estimate of drug-likeness (QED) is 0.200. The maximum atomic E-state index is 10.1. The van der Waals surface area contributed by atoms with Crippen LogP contribution in [0.15, 0.2) is 0 Å². The highest BCUT2D eigenvalue weighted by Crippen LogP contribution is 2.03. The van der Waals surface area contributed by atoms with Crippen LogP contribution in [0.25, 0.3) is 0 Å². The maximum Gasteiger partial charge on any atom is 0.294 e. The number of carbonyl (C=O) groups excluding carboxylic acids is 1. The first kappa shape index (κ1) is 13.7. The first-order chi connectivity index (χ1) is 6.90. The van der Waals surface area contributed by atoms with Gasteiger partial charge in [0.25, 0.3) is 5.09 Å². The van der Waals surface area contributed by atoms with E-state index in [1.165, 1.54) is 0 Å². The summed E-state index contributed by atoms with van der Waals surface area (Å²) in [6, 6.07) is -1.38. The third-order valence-electron chi connectivity index (χ3n) is 1.65. The molecular weight excluding hydrogens is 212 g/mol. The van der Waals surface area contributed by atoms with Gasteiger partial charge < -0.3 is 30.7 Å². The van der Waals surface area contributed by atoms with Crippen molar-refractivity contribution in [3.05, 3.63) is 10.1 Å². The van der Waals surface area contributed by atoms with Crippen molar-refractivity contribution < 1.29 is 30.0 Å². The third-order valence-corrected chi connectivity index (χ3v) is 1.65. The van der Waals surface area contributed by atoms with E-state index in [1.807, 2.05) is 0 Å². The van der Waals surface area contributed by atoms with E-state index in [4.69, 9.17) is 21.1 Å². The van der Waals surface area contributed by atoms with Gasteiger partial charge in [0.1, 0.15) is 31.2 Å². The largest absolute Gasteiger partial charge is 0.388 e. The molecule has 4 atom stereocenters. The first-order valence-electron chi connectivity index (χ1n) is 3.92. The summed E-state index contributed by atoms with van der Waals surface area (Å²) in [4.78, 5) is 23.6. The van der Waals surface area contributed by atoms with Crippen LogP contribution in [0.5, 0.6) is 0 Å². The molecule has 0 bridgehead atoms. The maximum absolute atomic E-state index is 10.1. The predicted molar refractivity (Wildman–Crippen MR) is 45.0 cm³/mol. The number of hydrogen-bond acceptors (Lipinski definition) is 8. The molecule has 0 aliphatic carbocycles. The number of hydrogen-bond donors (Lipinski definition) is 4. The number of rotatable bonds is 7. The fourth-order valence-electron chi connectivity index (χ4n) is 0.772. The zero-order valence-corrected chi connectivity index (χ0v) is 7.59. The van der Waals surface area contributed by atoms with Gasteiger partial charge in [-0.2, -0.15) is 0 Å². The lowest BCUT2D eigenvalue weighted by atomic mass is 10.0. The van der Waals surface area contributed by atoms with Crippen LogP contribution in [0.1, 0.15) is 0 Å². The van der Waals surface area contributed by atoms with Gasteiger partial charge in [-0.1, -0.05) is 0 Å². The van der Waals surface area contributed by atoms with Crippen molar-refractivity contribution in [1.82, 2.24) is 0 Å². The van der Waals surface area contributed by atoms with Gasteiger partial charge in [-0.25, -0.2) is 0 Å². The average Bonchev–Trinajstić information content (AvgIpc) is 2.22. The summed E-state index contributed by atoms with van der Waals surface area (Å²) in [5.41, 5.74) is 5.05. The van der Waals surface area contributed by atoms with Gasteiger partial charge in [-0.05, 0) is 0 Å². The minimum absolute atomic E-state index is 0.176. The second kappa shape index (κ2) is 6.24. The van der Waals surface area contributed by atoms with E-state index in [9.17, 15) is 14.9 Å². The summed E-state index contributed by atoms with van der Waals surface area (Å²) in [5, 5.41) is 35.9. The number of nitrogens with two attached hydrogens (primary N) is 1. The highest BCUT2D eigenvalue weighted by atomic mass is 17.0. The zero-order chi connectivity index (χ0) is 12.0. The van der Waals surface area contributed by atoms with Gasteiger partial charge in [0, 0.05) is 0 Å². The Morgan fingerprint density at radius 2 is 1.93 bits per heavy atom. The molecule has 0 aliphatic rings. The molecule has 0 aromatic rings. The Bertz CT molecular complexity index is 224. The van der Waals surface area contributed by atoms with Gasteiger partial charge in [0.05, 0.1) is 6.04 Å². The van der Waals surface area contributed by atoms with E-state index in [0.29, 0.717) is 0 Å². The summed E-state index contributed by atoms with van der Waals surface area (Å²) in [6.45, 7) is -0.823. The molecule has 0 aliphatic heterocycles. The van der Waals surface area contributed by atoms with Gasteiger partial charge in [0.15, 0.2) is 0 Å². The summed E-state index contributed by atoms with van der Waals surface area (Å²) in [5.74, 6) is 0. The number of aliphatic hydroxyl groups is 3. The monoisotopic (exact) mass is 224 g/mol.